The van der Waals surface area contributed by atoms with Crippen molar-refractivity contribution in [3.05, 3.63) is 70.3 Å². The summed E-state index contributed by atoms with van der Waals surface area (Å²) in [6.45, 7) is -10.1. The summed E-state index contributed by atoms with van der Waals surface area (Å²) in [7, 11) is -5.58. The summed E-state index contributed by atoms with van der Waals surface area (Å²) >= 11 is 0. The number of carbonyl (C=O) groups is 1. The number of non-ortho nitro benzene ring substituents is 1. The van der Waals surface area contributed by atoms with Crippen LogP contribution < -0.4 is 5.32 Å². The van der Waals surface area contributed by atoms with E-state index in [1.54, 1.807) is 18.2 Å². The maximum absolute atomic E-state index is 14.1. The Bertz CT molecular complexity index is 1510. The first-order chi connectivity index (χ1) is 20.5. The molecule has 36 heavy (non-hydrogen) atoms. The molecule has 0 aliphatic carbocycles. The number of hydrogen-bond donors (Lipinski definition) is 3. The molecule has 2 aromatic rings. The molecule has 0 heterocycles. The largest absolute Gasteiger partial charge is 0.465 e. The number of nitrogens with one attached hydrogen (secondary N) is 1. The van der Waals surface area contributed by atoms with E-state index in [0.29, 0.717) is 29.8 Å². The number of nitro benzene ring substituents is 1. The Morgan fingerprint density at radius 2 is 1.78 bits per heavy atom. The van der Waals surface area contributed by atoms with Crippen LogP contribution in [0.2, 0.25) is 0 Å². The van der Waals surface area contributed by atoms with Crippen molar-refractivity contribution in [1.29, 1.82) is 0 Å². The number of benzene rings is 2. The van der Waals surface area contributed by atoms with E-state index >= 15 is 0 Å². The van der Waals surface area contributed by atoms with E-state index in [-0.39, 0.29) is 0 Å². The van der Waals surface area contributed by atoms with E-state index < -0.39 is 92.0 Å². The summed E-state index contributed by atoms with van der Waals surface area (Å²) in [5, 5.41) is 35.0. The highest BCUT2D eigenvalue weighted by Gasteiger charge is 2.50. The van der Waals surface area contributed by atoms with Crippen molar-refractivity contribution in [2.24, 2.45) is 11.3 Å². The molecule has 0 aromatic heterocycles. The normalized spacial score (nSPS) is 21.2. The van der Waals surface area contributed by atoms with Gasteiger partial charge in [-0.1, -0.05) is 64.8 Å². The van der Waals surface area contributed by atoms with E-state index in [9.17, 15) is 33.5 Å². The number of aliphatic hydroxyl groups is 1. The molecule has 0 fully saturated rings. The lowest BCUT2D eigenvalue weighted by atomic mass is 9.66. The van der Waals surface area contributed by atoms with E-state index in [1.165, 1.54) is 32.9 Å². The Hall–Kier alpha value is -3.02. The van der Waals surface area contributed by atoms with Gasteiger partial charge < -0.3 is 15.5 Å². The third-order valence-electron chi connectivity index (χ3n) is 5.57. The fourth-order valence-corrected chi connectivity index (χ4v) is 4.87. The van der Waals surface area contributed by atoms with Gasteiger partial charge in [0.2, 0.25) is 10.0 Å². The monoisotopic (exact) mass is 531 g/mol. The Morgan fingerprint density at radius 3 is 2.25 bits per heavy atom. The van der Waals surface area contributed by atoms with Crippen LogP contribution in [0.5, 0.6) is 0 Å². The average Bonchev–Trinajstić information content (AvgIpc) is 2.89. The van der Waals surface area contributed by atoms with Crippen molar-refractivity contribution >= 4 is 21.8 Å². The molecule has 10 nitrogen and oxygen atoms in total. The molecule has 0 bridgehead atoms. The Morgan fingerprint density at radius 1 is 1.19 bits per heavy atom. The van der Waals surface area contributed by atoms with Crippen molar-refractivity contribution in [3.63, 3.8) is 0 Å². The number of amides is 1. The first-order valence-electron chi connectivity index (χ1n) is 15.5. The molecule has 1 amide bonds. The molecule has 0 saturated carbocycles. The van der Waals surface area contributed by atoms with Crippen LogP contribution in [0.4, 0.5) is 10.5 Å². The van der Waals surface area contributed by atoms with Gasteiger partial charge in [0, 0.05) is 37.5 Å². The molecule has 3 N–H and O–H groups in total. The molecule has 2 atom stereocenters. The predicted molar refractivity (Wildman–Crippen MR) is 136 cm³/mol. The fourth-order valence-electron chi connectivity index (χ4n) is 3.64. The van der Waals surface area contributed by atoms with Gasteiger partial charge in [-0.05, 0) is 35.4 Å². The summed E-state index contributed by atoms with van der Waals surface area (Å²) in [4.78, 5) is 21.5. The highest BCUT2D eigenvalue weighted by molar-refractivity contribution is 7.89. The van der Waals surface area contributed by atoms with E-state index in [0.717, 1.165) is 0 Å². The molecule has 0 saturated heterocycles. The molecule has 2 rings (SSSR count). The maximum Gasteiger partial charge on any atom is 0.405 e. The van der Waals surface area contributed by atoms with Crippen molar-refractivity contribution in [2.75, 3.05) is 13.0 Å². The second-order valence-corrected chi connectivity index (χ2v) is 10.8. The van der Waals surface area contributed by atoms with E-state index in [2.05, 4.69) is 5.32 Å². The van der Waals surface area contributed by atoms with Crippen LogP contribution in [0.25, 0.3) is 0 Å². The lowest BCUT2D eigenvalue weighted by Gasteiger charge is -2.49. The zero-order valence-electron chi connectivity index (χ0n) is 29.8. The van der Waals surface area contributed by atoms with Gasteiger partial charge in [0.15, 0.2) is 0 Å². The number of carboxylic acid groups (broad SMARTS) is 1. The highest BCUT2D eigenvalue weighted by Crippen LogP contribution is 2.37. The lowest BCUT2D eigenvalue weighted by Crippen LogP contribution is -2.67. The number of nitrogens with zero attached hydrogens (tertiary/aromatic N) is 2. The smallest absolute Gasteiger partial charge is 0.405 e. The number of sulfonamides is 1. The molecule has 0 aliphatic rings. The molecule has 0 radical (unpaired) electrons. The van der Waals surface area contributed by atoms with Crippen LogP contribution in [0.3, 0.4) is 0 Å². The minimum atomic E-state index is -5.58. The maximum atomic E-state index is 14.1. The van der Waals surface area contributed by atoms with Crippen LogP contribution in [0, 0.1) is 21.4 Å². The highest BCUT2D eigenvalue weighted by atomic mass is 32.2. The Balaban J connectivity index is 3.04. The van der Waals surface area contributed by atoms with Crippen molar-refractivity contribution in [2.45, 2.75) is 57.4 Å². The van der Waals surface area contributed by atoms with Crippen molar-refractivity contribution in [1.82, 2.24) is 9.62 Å². The van der Waals surface area contributed by atoms with Crippen molar-refractivity contribution in [3.8, 4) is 0 Å². The van der Waals surface area contributed by atoms with Gasteiger partial charge in [-0.15, -0.1) is 0 Å². The van der Waals surface area contributed by atoms with E-state index in [1.807, 2.05) is 0 Å². The molecular formula is C25H35N3O7S. The van der Waals surface area contributed by atoms with Gasteiger partial charge in [-0.2, -0.15) is 4.31 Å². The standard InChI is InChI=1S/C25H35N3O7S/c1-18(2)16-27(36(34,35)21-13-11-20(12-14-21)28(32)33)17-22(29)25(24(3,4)5,26-23(30)31)15-19-9-7-6-8-10-19/h6-14,18,22,26,29H,15-17H2,1-5H3,(H,30,31)/t22-,25?/m0/s1/i1D3,2D3,16D2,18D,22D. The minimum absolute atomic E-state index is 0.324. The van der Waals surface area contributed by atoms with Gasteiger partial charge >= 0.3 is 6.09 Å². The third-order valence-corrected chi connectivity index (χ3v) is 7.24. The molecule has 2 aromatic carbocycles. The summed E-state index contributed by atoms with van der Waals surface area (Å²) in [6, 6.07) is 10.4. The zero-order valence-corrected chi connectivity index (χ0v) is 20.7. The van der Waals surface area contributed by atoms with Crippen LogP contribution >= 0.6 is 0 Å². The first-order valence-corrected chi connectivity index (χ1v) is 12.0. The van der Waals surface area contributed by atoms with Gasteiger partial charge in [0.05, 0.1) is 22.8 Å². The van der Waals surface area contributed by atoms with Crippen LogP contribution in [0.15, 0.2) is 59.5 Å². The molecule has 0 aliphatic heterocycles. The molecule has 198 valence electrons. The Labute approximate surface area is 226 Å². The third kappa shape index (κ3) is 6.80. The summed E-state index contributed by atoms with van der Waals surface area (Å²) < 4.78 is 110. The van der Waals surface area contributed by atoms with E-state index in [4.69, 9.17) is 13.7 Å². The van der Waals surface area contributed by atoms with Crippen LogP contribution in [-0.4, -0.2) is 58.6 Å². The van der Waals surface area contributed by atoms with Gasteiger partial charge in [0.25, 0.3) is 5.69 Å². The number of nitro groups is 1. The lowest BCUT2D eigenvalue weighted by molar-refractivity contribution is -0.384. The van der Waals surface area contributed by atoms with Crippen LogP contribution in [-0.2, 0) is 16.4 Å². The van der Waals surface area contributed by atoms with Gasteiger partial charge in [-0.25, -0.2) is 13.2 Å². The quantitative estimate of drug-likeness (QED) is 0.294. The number of hydrogen-bond acceptors (Lipinski definition) is 6. The second-order valence-electron chi connectivity index (χ2n) is 8.94. The first kappa shape index (κ1) is 17.4. The van der Waals surface area contributed by atoms with Crippen molar-refractivity contribution < 1.29 is 42.1 Å². The summed E-state index contributed by atoms with van der Waals surface area (Å²) in [6.07, 6.45) is -5.74. The number of rotatable bonds is 11. The fraction of sp³-hybridized carbons (Fsp3) is 0.480. The Kier molecular flexibility index (Phi) is 5.50. The molecular weight excluding hydrogens is 486 g/mol. The topological polar surface area (TPSA) is 150 Å². The predicted octanol–water partition coefficient (Wildman–Crippen LogP) is 3.90. The molecule has 0 spiro atoms. The minimum Gasteiger partial charge on any atom is -0.465 e. The average molecular weight is 532 g/mol. The summed E-state index contributed by atoms with van der Waals surface area (Å²) in [5.41, 5.74) is -4.22. The second kappa shape index (κ2) is 11.4. The van der Waals surface area contributed by atoms with Gasteiger partial charge in [0.1, 0.15) is 0 Å². The SMILES string of the molecule is [2H]C([2H])([2H])C([2H])(C([2H])([2H])[2H])C([2H])([2H])N(C[C@]([2H])(O)C(Cc1ccccc1)(NC(=O)O)C(C)(C)C)S(=O)(=O)c1ccc([N+](=O)[O-])cc1. The van der Waals surface area contributed by atoms with Crippen LogP contribution in [0.1, 0.15) is 53.7 Å². The molecule has 1 unspecified atom stereocenters. The molecule has 11 heteroatoms. The zero-order chi connectivity index (χ0) is 35.9. The van der Waals surface area contributed by atoms with Gasteiger partial charge in [-0.3, -0.25) is 10.1 Å². The summed E-state index contributed by atoms with van der Waals surface area (Å²) in [5.74, 6) is -4.26.